The summed E-state index contributed by atoms with van der Waals surface area (Å²) in [6, 6.07) is 27.2. The van der Waals surface area contributed by atoms with Crippen molar-refractivity contribution in [1.29, 1.82) is 0 Å². The van der Waals surface area contributed by atoms with Crippen molar-refractivity contribution in [2.45, 2.75) is 11.8 Å². The molecule has 1 N–H and O–H groups in total. The van der Waals surface area contributed by atoms with Crippen LogP contribution in [0.4, 0.5) is 0 Å². The van der Waals surface area contributed by atoms with Gasteiger partial charge in [-0.25, -0.2) is 0 Å². The topological polar surface area (TPSA) is 101 Å². The van der Waals surface area contributed by atoms with Crippen molar-refractivity contribution in [3.63, 3.8) is 0 Å². The fraction of sp³-hybridized carbons (Fsp3) is 0.235. The van der Waals surface area contributed by atoms with Gasteiger partial charge in [0.1, 0.15) is 30.5 Å². The molecule has 42 heavy (non-hydrogen) atoms. The maximum absolute atomic E-state index is 14.1. The lowest BCUT2D eigenvalue weighted by atomic mass is 9.52. The Bertz CT molecular complexity index is 1570. The second kappa shape index (κ2) is 11.5. The molecule has 6 rings (SSSR count). The molecule has 1 aliphatic carbocycles. The Kier molecular flexibility index (Phi) is 7.44. The van der Waals surface area contributed by atoms with E-state index in [4.69, 9.17) is 23.7 Å². The Labute approximate surface area is 243 Å². The predicted octanol–water partition coefficient (Wildman–Crippen LogP) is 5.95. The highest BCUT2D eigenvalue weighted by molar-refractivity contribution is 5.86. The molecule has 0 amide bonds. The highest BCUT2D eigenvalue weighted by Crippen LogP contribution is 2.60. The first-order chi connectivity index (χ1) is 20.5. The van der Waals surface area contributed by atoms with E-state index in [9.17, 15) is 14.7 Å². The largest absolute Gasteiger partial charge is 0.496 e. The summed E-state index contributed by atoms with van der Waals surface area (Å²) in [4.78, 5) is 26.8. The van der Waals surface area contributed by atoms with Gasteiger partial charge in [0.2, 0.25) is 0 Å². The minimum absolute atomic E-state index is 0.336. The number of carboxylic acid groups (broad SMARTS) is 1. The van der Waals surface area contributed by atoms with Crippen LogP contribution in [0.5, 0.6) is 28.7 Å². The third-order valence-corrected chi connectivity index (χ3v) is 8.03. The van der Waals surface area contributed by atoms with E-state index in [1.165, 1.54) is 14.2 Å². The summed E-state index contributed by atoms with van der Waals surface area (Å²) < 4.78 is 28.8. The van der Waals surface area contributed by atoms with Gasteiger partial charge in [0.15, 0.2) is 11.5 Å². The zero-order valence-electron chi connectivity index (χ0n) is 23.2. The molecular weight excluding hydrogens is 536 g/mol. The van der Waals surface area contributed by atoms with Crippen LogP contribution in [-0.2, 0) is 9.59 Å². The van der Waals surface area contributed by atoms with Crippen molar-refractivity contribution in [2.24, 2.45) is 11.8 Å². The minimum Gasteiger partial charge on any atom is -0.496 e. The molecule has 0 aromatic heterocycles. The van der Waals surface area contributed by atoms with Crippen LogP contribution in [0.25, 0.3) is 11.1 Å². The standard InChI is InChI=1S/C34H30O8/c1-38-25-14-5-3-11-23(25)28-30(33(35)36)29(24-12-4-6-15-26(24)39-2)31(28)34(37)42-21-10-7-9-20(19-21)22-13-8-16-27-32(22)41-18-17-40-27/h3-16,19,28-31H,17-18H2,1-2H3,(H,35,36)/t28-,29?,30?,31-/m0/s1. The number of hydrogen-bond acceptors (Lipinski definition) is 7. The van der Waals surface area contributed by atoms with E-state index in [0.29, 0.717) is 53.1 Å². The fourth-order valence-corrected chi connectivity index (χ4v) is 6.22. The smallest absolute Gasteiger partial charge is 0.315 e. The molecular formula is C34H30O8. The maximum atomic E-state index is 14.1. The van der Waals surface area contributed by atoms with Crippen LogP contribution in [0.3, 0.4) is 0 Å². The van der Waals surface area contributed by atoms with Crippen LogP contribution in [0.1, 0.15) is 23.0 Å². The minimum atomic E-state index is -1.01. The summed E-state index contributed by atoms with van der Waals surface area (Å²) in [5.74, 6) is -1.97. The number of methoxy groups -OCH3 is 2. The molecule has 0 spiro atoms. The summed E-state index contributed by atoms with van der Waals surface area (Å²) in [6.07, 6.45) is 0. The van der Waals surface area contributed by atoms with Crippen molar-refractivity contribution in [2.75, 3.05) is 27.4 Å². The number of aliphatic carboxylic acids is 1. The molecule has 0 saturated heterocycles. The Balaban J connectivity index is 1.38. The molecule has 1 heterocycles. The molecule has 8 nitrogen and oxygen atoms in total. The Morgan fingerprint density at radius 2 is 1.36 bits per heavy atom. The van der Waals surface area contributed by atoms with E-state index in [2.05, 4.69) is 0 Å². The van der Waals surface area contributed by atoms with Crippen molar-refractivity contribution in [1.82, 2.24) is 0 Å². The third kappa shape index (κ3) is 4.79. The monoisotopic (exact) mass is 566 g/mol. The fourth-order valence-electron chi connectivity index (χ4n) is 6.22. The van der Waals surface area contributed by atoms with Gasteiger partial charge >= 0.3 is 11.9 Å². The molecule has 8 heteroatoms. The number of benzene rings is 4. The number of rotatable bonds is 8. The zero-order valence-corrected chi connectivity index (χ0v) is 23.2. The van der Waals surface area contributed by atoms with Crippen molar-refractivity contribution >= 4 is 11.9 Å². The number of esters is 1. The lowest BCUT2D eigenvalue weighted by Gasteiger charge is -2.49. The molecule has 2 aliphatic rings. The number of carbonyl (C=O) groups is 2. The molecule has 214 valence electrons. The van der Waals surface area contributed by atoms with Crippen LogP contribution >= 0.6 is 0 Å². The quantitative estimate of drug-likeness (QED) is 0.206. The number of hydrogen-bond donors (Lipinski definition) is 1. The SMILES string of the molecule is COc1ccccc1C1C(C(=O)O)[C@H](c2ccccc2OC)[C@@H]1C(=O)Oc1cccc(-c2cccc3c2OCCO3)c1. The summed E-state index contributed by atoms with van der Waals surface area (Å²) in [7, 11) is 3.06. The van der Waals surface area contributed by atoms with E-state index in [-0.39, 0.29) is 0 Å². The van der Waals surface area contributed by atoms with Gasteiger partial charge in [-0.3, -0.25) is 9.59 Å². The molecule has 1 fully saturated rings. The number of ether oxygens (including phenoxy) is 5. The second-order valence-corrected chi connectivity index (χ2v) is 10.2. The molecule has 4 aromatic carbocycles. The first kappa shape index (κ1) is 27.2. The molecule has 0 radical (unpaired) electrons. The highest BCUT2D eigenvalue weighted by atomic mass is 16.6. The third-order valence-electron chi connectivity index (χ3n) is 8.03. The lowest BCUT2D eigenvalue weighted by Crippen LogP contribution is -2.52. The van der Waals surface area contributed by atoms with Crippen LogP contribution < -0.4 is 23.7 Å². The van der Waals surface area contributed by atoms with E-state index in [1.807, 2.05) is 48.5 Å². The van der Waals surface area contributed by atoms with E-state index >= 15 is 0 Å². The van der Waals surface area contributed by atoms with Crippen molar-refractivity contribution in [3.05, 3.63) is 102 Å². The summed E-state index contributed by atoms with van der Waals surface area (Å²) >= 11 is 0. The second-order valence-electron chi connectivity index (χ2n) is 10.2. The first-order valence-corrected chi connectivity index (χ1v) is 13.7. The Morgan fingerprint density at radius 1 is 0.738 bits per heavy atom. The van der Waals surface area contributed by atoms with Gasteiger partial charge < -0.3 is 28.8 Å². The van der Waals surface area contributed by atoms with E-state index < -0.39 is 35.6 Å². The molecule has 1 aliphatic heterocycles. The number of carboxylic acids is 1. The van der Waals surface area contributed by atoms with Crippen molar-refractivity contribution in [3.8, 4) is 39.9 Å². The van der Waals surface area contributed by atoms with Crippen LogP contribution in [-0.4, -0.2) is 44.5 Å². The van der Waals surface area contributed by atoms with Gasteiger partial charge in [-0.15, -0.1) is 0 Å². The van der Waals surface area contributed by atoms with Gasteiger partial charge in [-0.2, -0.15) is 0 Å². The van der Waals surface area contributed by atoms with E-state index in [1.54, 1.807) is 42.5 Å². The molecule has 4 atom stereocenters. The van der Waals surface area contributed by atoms with Crippen LogP contribution in [0, 0.1) is 11.8 Å². The van der Waals surface area contributed by atoms with Crippen molar-refractivity contribution < 1.29 is 38.4 Å². The Morgan fingerprint density at radius 3 is 2.00 bits per heavy atom. The summed E-state index contributed by atoms with van der Waals surface area (Å²) in [5, 5.41) is 10.4. The average molecular weight is 567 g/mol. The average Bonchev–Trinajstić information content (AvgIpc) is 3.00. The zero-order chi connectivity index (χ0) is 29.2. The maximum Gasteiger partial charge on any atom is 0.315 e. The first-order valence-electron chi connectivity index (χ1n) is 13.7. The summed E-state index contributed by atoms with van der Waals surface area (Å²) in [6.45, 7) is 0.924. The van der Waals surface area contributed by atoms with Gasteiger partial charge in [-0.05, 0) is 47.0 Å². The molecule has 0 bridgehead atoms. The number of fused-ring (bicyclic) bond motifs is 1. The Hall–Kier alpha value is -4.98. The van der Waals surface area contributed by atoms with Gasteiger partial charge in [0, 0.05) is 17.4 Å². The number of para-hydroxylation sites is 3. The van der Waals surface area contributed by atoms with E-state index in [0.717, 1.165) is 11.1 Å². The number of carbonyl (C=O) groups excluding carboxylic acids is 1. The predicted molar refractivity (Wildman–Crippen MR) is 155 cm³/mol. The van der Waals surface area contributed by atoms with Crippen LogP contribution in [0.15, 0.2) is 91.0 Å². The van der Waals surface area contributed by atoms with Gasteiger partial charge in [0.25, 0.3) is 0 Å². The molecule has 1 saturated carbocycles. The normalized spacial score (nSPS) is 20.6. The molecule has 4 aromatic rings. The van der Waals surface area contributed by atoms with Gasteiger partial charge in [-0.1, -0.05) is 60.7 Å². The molecule has 2 unspecified atom stereocenters. The van der Waals surface area contributed by atoms with Gasteiger partial charge in [0.05, 0.1) is 26.1 Å². The summed E-state index contributed by atoms with van der Waals surface area (Å²) in [5.41, 5.74) is 2.89. The van der Waals surface area contributed by atoms with Crippen LogP contribution in [0.2, 0.25) is 0 Å². The highest BCUT2D eigenvalue weighted by Gasteiger charge is 2.60. The lowest BCUT2D eigenvalue weighted by molar-refractivity contribution is -0.158.